The van der Waals surface area contributed by atoms with Gasteiger partial charge in [0.15, 0.2) is 0 Å². The van der Waals surface area contributed by atoms with Crippen molar-refractivity contribution < 1.29 is 14.3 Å². The van der Waals surface area contributed by atoms with E-state index in [4.69, 9.17) is 9.47 Å². The van der Waals surface area contributed by atoms with Crippen molar-refractivity contribution in [2.45, 2.75) is 57.2 Å². The molecule has 2 saturated heterocycles. The molecule has 4 rings (SSSR count). The molecule has 0 unspecified atom stereocenters. The SMILES string of the molecule is Cc1cnc(NCC[C@H]2CCOC23CN(C(=O)COC2CCCC2)C3)nc1. The number of carbonyl (C=O) groups excluding carboxylic acids is 1. The maximum atomic E-state index is 12.4. The van der Waals surface area contributed by atoms with E-state index in [2.05, 4.69) is 15.3 Å². The highest BCUT2D eigenvalue weighted by Gasteiger charge is 2.54. The zero-order valence-electron chi connectivity index (χ0n) is 16.2. The van der Waals surface area contributed by atoms with Crippen LogP contribution in [0.1, 0.15) is 44.1 Å². The molecule has 148 valence electrons. The largest absolute Gasteiger partial charge is 0.371 e. The molecular formula is C20H30N4O3. The maximum Gasteiger partial charge on any atom is 0.248 e. The number of nitrogens with zero attached hydrogens (tertiary/aromatic N) is 3. The third-order valence-corrected chi connectivity index (χ3v) is 6.17. The molecule has 7 nitrogen and oxygen atoms in total. The van der Waals surface area contributed by atoms with Crippen LogP contribution < -0.4 is 5.32 Å². The lowest BCUT2D eigenvalue weighted by Crippen LogP contribution is -2.66. The Hall–Kier alpha value is -1.73. The molecule has 1 aromatic heterocycles. The first-order valence-corrected chi connectivity index (χ1v) is 10.2. The van der Waals surface area contributed by atoms with Gasteiger partial charge < -0.3 is 19.7 Å². The molecular weight excluding hydrogens is 344 g/mol. The lowest BCUT2D eigenvalue weighted by Gasteiger charge is -2.50. The number of hydrogen-bond donors (Lipinski definition) is 1. The molecule has 1 spiro atoms. The van der Waals surface area contributed by atoms with Crippen molar-refractivity contribution in [3.8, 4) is 0 Å². The minimum absolute atomic E-state index is 0.105. The van der Waals surface area contributed by atoms with Crippen LogP contribution in [0, 0.1) is 12.8 Å². The quantitative estimate of drug-likeness (QED) is 0.788. The third-order valence-electron chi connectivity index (χ3n) is 6.17. The van der Waals surface area contributed by atoms with Gasteiger partial charge in [-0.05, 0) is 44.1 Å². The van der Waals surface area contributed by atoms with Crippen LogP contribution in [0.25, 0.3) is 0 Å². The van der Waals surface area contributed by atoms with Crippen LogP contribution in [0.15, 0.2) is 12.4 Å². The predicted molar refractivity (Wildman–Crippen MR) is 101 cm³/mol. The number of carbonyl (C=O) groups is 1. The lowest BCUT2D eigenvalue weighted by molar-refractivity contribution is -0.170. The molecule has 1 N–H and O–H groups in total. The van der Waals surface area contributed by atoms with Crippen molar-refractivity contribution in [3.05, 3.63) is 18.0 Å². The van der Waals surface area contributed by atoms with E-state index in [1.165, 1.54) is 12.8 Å². The van der Waals surface area contributed by atoms with Crippen LogP contribution in [-0.4, -0.2) is 65.3 Å². The fourth-order valence-corrected chi connectivity index (χ4v) is 4.50. The summed E-state index contributed by atoms with van der Waals surface area (Å²) >= 11 is 0. The summed E-state index contributed by atoms with van der Waals surface area (Å²) in [5.41, 5.74) is 0.901. The normalized spacial score (nSPS) is 24.3. The van der Waals surface area contributed by atoms with E-state index in [0.29, 0.717) is 25.0 Å². The molecule has 3 fully saturated rings. The Morgan fingerprint density at radius 1 is 1.30 bits per heavy atom. The first-order valence-electron chi connectivity index (χ1n) is 10.2. The van der Waals surface area contributed by atoms with Gasteiger partial charge in [-0.15, -0.1) is 0 Å². The van der Waals surface area contributed by atoms with Crippen LogP contribution >= 0.6 is 0 Å². The number of nitrogens with one attached hydrogen (secondary N) is 1. The Morgan fingerprint density at radius 3 is 2.78 bits per heavy atom. The van der Waals surface area contributed by atoms with Crippen LogP contribution in [-0.2, 0) is 14.3 Å². The molecule has 0 aromatic carbocycles. The summed E-state index contributed by atoms with van der Waals surface area (Å²) in [6.07, 6.45) is 10.6. The van der Waals surface area contributed by atoms with E-state index in [9.17, 15) is 4.79 Å². The second-order valence-corrected chi connectivity index (χ2v) is 8.17. The van der Waals surface area contributed by atoms with E-state index in [1.807, 2.05) is 24.2 Å². The summed E-state index contributed by atoms with van der Waals surface area (Å²) in [5, 5.41) is 3.29. The number of rotatable bonds is 7. The van der Waals surface area contributed by atoms with Crippen molar-refractivity contribution in [2.24, 2.45) is 5.92 Å². The summed E-state index contributed by atoms with van der Waals surface area (Å²) in [7, 11) is 0. The minimum Gasteiger partial charge on any atom is -0.371 e. The molecule has 2 aliphatic heterocycles. The number of aryl methyl sites for hydroxylation is 1. The van der Waals surface area contributed by atoms with Gasteiger partial charge in [0.1, 0.15) is 12.2 Å². The van der Waals surface area contributed by atoms with Gasteiger partial charge in [-0.1, -0.05) is 12.8 Å². The van der Waals surface area contributed by atoms with Gasteiger partial charge in [0.05, 0.1) is 19.2 Å². The minimum atomic E-state index is -0.154. The Morgan fingerprint density at radius 2 is 2.04 bits per heavy atom. The maximum absolute atomic E-state index is 12.4. The molecule has 1 atom stereocenters. The van der Waals surface area contributed by atoms with Gasteiger partial charge in [-0.25, -0.2) is 9.97 Å². The van der Waals surface area contributed by atoms with Crippen LogP contribution in [0.3, 0.4) is 0 Å². The van der Waals surface area contributed by atoms with Gasteiger partial charge in [-0.2, -0.15) is 0 Å². The van der Waals surface area contributed by atoms with Crippen LogP contribution in [0.5, 0.6) is 0 Å². The molecule has 3 heterocycles. The molecule has 1 aromatic rings. The van der Waals surface area contributed by atoms with Gasteiger partial charge >= 0.3 is 0 Å². The molecule has 7 heteroatoms. The molecule has 1 aliphatic carbocycles. The number of hydrogen-bond acceptors (Lipinski definition) is 6. The topological polar surface area (TPSA) is 76.6 Å². The average Bonchev–Trinajstić information content (AvgIpc) is 3.30. The van der Waals surface area contributed by atoms with Gasteiger partial charge in [0.25, 0.3) is 0 Å². The molecule has 3 aliphatic rings. The van der Waals surface area contributed by atoms with Gasteiger partial charge in [0, 0.05) is 25.5 Å². The first kappa shape index (κ1) is 18.6. The fraction of sp³-hybridized carbons (Fsp3) is 0.750. The summed E-state index contributed by atoms with van der Waals surface area (Å²) in [6, 6.07) is 0. The van der Waals surface area contributed by atoms with Gasteiger partial charge in [-0.3, -0.25) is 4.79 Å². The number of aromatic nitrogens is 2. The van der Waals surface area contributed by atoms with E-state index in [1.54, 1.807) is 0 Å². The van der Waals surface area contributed by atoms with Crippen molar-refractivity contribution in [2.75, 3.05) is 38.2 Å². The summed E-state index contributed by atoms with van der Waals surface area (Å²) in [5.74, 6) is 1.24. The molecule has 1 amide bonds. The highest BCUT2D eigenvalue weighted by molar-refractivity contribution is 5.78. The monoisotopic (exact) mass is 374 g/mol. The Bertz CT molecular complexity index is 639. The van der Waals surface area contributed by atoms with Crippen molar-refractivity contribution >= 4 is 11.9 Å². The van der Waals surface area contributed by atoms with E-state index >= 15 is 0 Å². The zero-order chi connectivity index (χ0) is 18.7. The second kappa shape index (κ2) is 8.10. The summed E-state index contributed by atoms with van der Waals surface area (Å²) in [4.78, 5) is 22.8. The summed E-state index contributed by atoms with van der Waals surface area (Å²) < 4.78 is 11.8. The van der Waals surface area contributed by atoms with Gasteiger partial charge in [0.2, 0.25) is 11.9 Å². The number of likely N-dealkylation sites (tertiary alicyclic amines) is 1. The molecule has 1 saturated carbocycles. The van der Waals surface area contributed by atoms with E-state index in [0.717, 1.165) is 44.4 Å². The Balaban J connectivity index is 1.20. The first-order chi connectivity index (χ1) is 13.1. The number of ether oxygens (including phenoxy) is 2. The second-order valence-electron chi connectivity index (χ2n) is 8.17. The Kier molecular flexibility index (Phi) is 5.59. The summed E-state index contributed by atoms with van der Waals surface area (Å²) in [6.45, 7) is 5.20. The molecule has 0 radical (unpaired) electrons. The highest BCUT2D eigenvalue weighted by atomic mass is 16.5. The number of anilines is 1. The average molecular weight is 374 g/mol. The van der Waals surface area contributed by atoms with Crippen LogP contribution in [0.2, 0.25) is 0 Å². The molecule has 0 bridgehead atoms. The Labute approximate surface area is 160 Å². The number of amides is 1. The fourth-order valence-electron chi connectivity index (χ4n) is 4.50. The van der Waals surface area contributed by atoms with Crippen LogP contribution in [0.4, 0.5) is 5.95 Å². The predicted octanol–water partition coefficient (Wildman–Crippen LogP) is 2.16. The van der Waals surface area contributed by atoms with Crippen molar-refractivity contribution in [1.82, 2.24) is 14.9 Å². The smallest absolute Gasteiger partial charge is 0.248 e. The van der Waals surface area contributed by atoms with Crippen molar-refractivity contribution in [3.63, 3.8) is 0 Å². The zero-order valence-corrected chi connectivity index (χ0v) is 16.2. The lowest BCUT2D eigenvalue weighted by atomic mass is 9.79. The van der Waals surface area contributed by atoms with E-state index < -0.39 is 0 Å². The van der Waals surface area contributed by atoms with E-state index in [-0.39, 0.29) is 24.2 Å². The standard InChI is InChI=1S/C20H30N4O3/c1-15-10-22-19(23-11-15)21-8-6-16-7-9-27-20(16)13-24(14-20)18(25)12-26-17-4-2-3-5-17/h10-11,16-17H,2-9,12-14H2,1H3,(H,21,22,23)/t16-/m0/s1. The van der Waals surface area contributed by atoms with Crippen molar-refractivity contribution in [1.29, 1.82) is 0 Å². The highest BCUT2D eigenvalue weighted by Crippen LogP contribution is 2.41. The third kappa shape index (κ3) is 4.24. The molecule has 27 heavy (non-hydrogen) atoms.